The monoisotopic (exact) mass is 168 g/mol. The predicted octanol–water partition coefficient (Wildman–Crippen LogP) is 1.35. The highest BCUT2D eigenvalue weighted by atomic mass is 33.1. The molecule has 2 nitrogen and oxygen atoms in total. The van der Waals surface area contributed by atoms with Gasteiger partial charge in [-0.3, -0.25) is 0 Å². The minimum absolute atomic E-state index is 0.292. The van der Waals surface area contributed by atoms with Crippen LogP contribution in [0.5, 0.6) is 0 Å². The van der Waals surface area contributed by atoms with Crippen molar-refractivity contribution >= 4 is 21.6 Å². The molecule has 0 aromatic heterocycles. The number of rotatable bonds is 6. The maximum absolute atomic E-state index is 8.37. The average Bonchev–Trinajstić information content (AvgIpc) is 1.89. The van der Waals surface area contributed by atoms with E-state index in [1.54, 1.807) is 28.7 Å². The van der Waals surface area contributed by atoms with Gasteiger partial charge in [0, 0.05) is 19.5 Å². The Balaban J connectivity index is 2.60. The zero-order chi connectivity index (χ0) is 6.95. The highest BCUT2D eigenvalue weighted by Crippen LogP contribution is 2.20. The second-order valence-corrected chi connectivity index (χ2v) is 3.95. The van der Waals surface area contributed by atoms with Crippen molar-refractivity contribution in [1.82, 2.24) is 0 Å². The summed E-state index contributed by atoms with van der Waals surface area (Å²) in [4.78, 5) is 0. The Morgan fingerprint density at radius 2 is 2.22 bits per heavy atom. The highest BCUT2D eigenvalue weighted by Gasteiger charge is 1.86. The molecule has 0 aliphatic heterocycles. The molecule has 0 atom stereocenters. The molecule has 0 spiro atoms. The van der Waals surface area contributed by atoms with Gasteiger partial charge >= 0.3 is 0 Å². The lowest BCUT2D eigenvalue weighted by Crippen LogP contribution is -1.84. The third kappa shape index (κ3) is 8.62. The van der Waals surface area contributed by atoms with E-state index in [-0.39, 0.29) is 0 Å². The van der Waals surface area contributed by atoms with Gasteiger partial charge < -0.3 is 9.84 Å². The number of hydrogen-bond acceptors (Lipinski definition) is 4. The van der Waals surface area contributed by atoms with Crippen molar-refractivity contribution in [1.29, 1.82) is 0 Å². The van der Waals surface area contributed by atoms with Crippen molar-refractivity contribution in [2.75, 3.05) is 25.4 Å². The largest absolute Gasteiger partial charge is 0.396 e. The first-order chi connectivity index (χ1) is 4.41. The van der Waals surface area contributed by atoms with Crippen molar-refractivity contribution < 1.29 is 9.84 Å². The van der Waals surface area contributed by atoms with Crippen LogP contribution in [-0.2, 0) is 4.74 Å². The van der Waals surface area contributed by atoms with Crippen molar-refractivity contribution in [3.63, 3.8) is 0 Å². The predicted molar refractivity (Wildman–Crippen MR) is 43.6 cm³/mol. The molecule has 56 valence electrons. The van der Waals surface area contributed by atoms with Crippen LogP contribution in [0.2, 0.25) is 0 Å². The van der Waals surface area contributed by atoms with E-state index in [1.165, 1.54) is 0 Å². The third-order valence-electron chi connectivity index (χ3n) is 0.635. The van der Waals surface area contributed by atoms with Gasteiger partial charge in [0.15, 0.2) is 0 Å². The first-order valence-electron chi connectivity index (χ1n) is 2.76. The van der Waals surface area contributed by atoms with E-state index in [9.17, 15) is 0 Å². The summed E-state index contributed by atoms with van der Waals surface area (Å²) in [5.74, 6) is 1.74. The Morgan fingerprint density at radius 3 is 2.78 bits per heavy atom. The fraction of sp³-hybridized carbons (Fsp3) is 1.00. The number of ether oxygens (including phenoxy) is 1. The van der Waals surface area contributed by atoms with Gasteiger partial charge in [-0.2, -0.15) is 0 Å². The van der Waals surface area contributed by atoms with Crippen molar-refractivity contribution in [3.05, 3.63) is 0 Å². The van der Waals surface area contributed by atoms with Gasteiger partial charge in [0.2, 0.25) is 0 Å². The van der Waals surface area contributed by atoms with Gasteiger partial charge in [-0.1, -0.05) is 21.6 Å². The molecular formula is C5H12O2S2. The lowest BCUT2D eigenvalue weighted by Gasteiger charge is -1.96. The molecule has 0 aliphatic rings. The van der Waals surface area contributed by atoms with E-state index in [2.05, 4.69) is 0 Å². The second kappa shape index (κ2) is 8.62. The molecule has 4 heteroatoms. The number of hydrogen-bond donors (Lipinski definition) is 1. The number of methoxy groups -OCH3 is 1. The molecule has 0 radical (unpaired) electrons. The van der Waals surface area contributed by atoms with Crippen LogP contribution in [-0.4, -0.2) is 30.5 Å². The summed E-state index contributed by atoms with van der Waals surface area (Å²) in [5.41, 5.74) is 0. The van der Waals surface area contributed by atoms with Crippen LogP contribution in [0.25, 0.3) is 0 Å². The molecule has 0 aliphatic carbocycles. The van der Waals surface area contributed by atoms with Crippen LogP contribution < -0.4 is 0 Å². The summed E-state index contributed by atoms with van der Waals surface area (Å²) in [6, 6.07) is 0. The summed E-state index contributed by atoms with van der Waals surface area (Å²) >= 11 is 0. The van der Waals surface area contributed by atoms with E-state index in [4.69, 9.17) is 9.84 Å². The van der Waals surface area contributed by atoms with Gasteiger partial charge in [0.1, 0.15) is 5.94 Å². The molecule has 0 aromatic carbocycles. The standard InChI is InChI=1S/C5H12O2S2/c1-7-5-9-8-4-2-3-6/h6H,2-5H2,1H3. The topological polar surface area (TPSA) is 29.5 Å². The quantitative estimate of drug-likeness (QED) is 0.368. The van der Waals surface area contributed by atoms with Gasteiger partial charge in [-0.25, -0.2) is 0 Å². The summed E-state index contributed by atoms with van der Waals surface area (Å²) in [6.45, 7) is 0.292. The molecule has 0 amide bonds. The van der Waals surface area contributed by atoms with Gasteiger partial charge in [-0.05, 0) is 6.42 Å². The SMILES string of the molecule is COCSSCCCO. The Labute approximate surface area is 63.8 Å². The Hall–Kier alpha value is 0.620. The second-order valence-electron chi connectivity index (χ2n) is 1.42. The Bertz CT molecular complexity index is 46.2. The summed E-state index contributed by atoms with van der Waals surface area (Å²) in [6.07, 6.45) is 0.876. The summed E-state index contributed by atoms with van der Waals surface area (Å²) < 4.78 is 4.80. The molecule has 0 unspecified atom stereocenters. The van der Waals surface area contributed by atoms with Crippen LogP contribution in [0.1, 0.15) is 6.42 Å². The van der Waals surface area contributed by atoms with E-state index < -0.39 is 0 Å². The van der Waals surface area contributed by atoms with E-state index in [0.717, 1.165) is 18.1 Å². The van der Waals surface area contributed by atoms with E-state index in [1.807, 2.05) is 0 Å². The fourth-order valence-corrected chi connectivity index (χ4v) is 1.99. The number of aliphatic hydroxyl groups is 1. The average molecular weight is 168 g/mol. The van der Waals surface area contributed by atoms with Crippen LogP contribution in [0.4, 0.5) is 0 Å². The van der Waals surface area contributed by atoms with Crippen molar-refractivity contribution in [2.45, 2.75) is 6.42 Å². The summed E-state index contributed by atoms with van der Waals surface area (Å²) in [5, 5.41) is 8.37. The third-order valence-corrected chi connectivity index (χ3v) is 2.88. The van der Waals surface area contributed by atoms with Crippen LogP contribution in [0.15, 0.2) is 0 Å². The van der Waals surface area contributed by atoms with Crippen molar-refractivity contribution in [2.24, 2.45) is 0 Å². The molecule has 9 heavy (non-hydrogen) atoms. The Morgan fingerprint density at radius 1 is 1.44 bits per heavy atom. The fourth-order valence-electron chi connectivity index (χ4n) is 0.265. The highest BCUT2D eigenvalue weighted by molar-refractivity contribution is 8.76. The molecular weight excluding hydrogens is 156 g/mol. The number of aliphatic hydroxyl groups excluding tert-OH is 1. The molecule has 0 saturated carbocycles. The van der Waals surface area contributed by atoms with E-state index >= 15 is 0 Å². The maximum atomic E-state index is 8.37. The molecule has 0 rings (SSSR count). The first-order valence-corrected chi connectivity index (χ1v) is 5.25. The van der Waals surface area contributed by atoms with Crippen LogP contribution in [0, 0.1) is 0 Å². The molecule has 0 fully saturated rings. The van der Waals surface area contributed by atoms with Gasteiger partial charge in [0.25, 0.3) is 0 Å². The zero-order valence-corrected chi connectivity index (χ0v) is 7.13. The zero-order valence-electron chi connectivity index (χ0n) is 5.50. The minimum atomic E-state index is 0.292. The Kier molecular flexibility index (Phi) is 9.21. The molecule has 0 saturated heterocycles. The molecule has 0 bridgehead atoms. The molecule has 0 heterocycles. The van der Waals surface area contributed by atoms with Crippen LogP contribution >= 0.6 is 21.6 Å². The minimum Gasteiger partial charge on any atom is -0.396 e. The van der Waals surface area contributed by atoms with Crippen molar-refractivity contribution in [3.8, 4) is 0 Å². The summed E-state index contributed by atoms with van der Waals surface area (Å²) in [7, 11) is 5.09. The van der Waals surface area contributed by atoms with E-state index in [0.29, 0.717) is 6.61 Å². The smallest absolute Gasteiger partial charge is 0.102 e. The lowest BCUT2D eigenvalue weighted by molar-refractivity contribution is 0.260. The maximum Gasteiger partial charge on any atom is 0.102 e. The van der Waals surface area contributed by atoms with Gasteiger partial charge in [-0.15, -0.1) is 0 Å². The first kappa shape index (κ1) is 9.62. The van der Waals surface area contributed by atoms with Crippen LogP contribution in [0.3, 0.4) is 0 Å². The lowest BCUT2D eigenvalue weighted by atomic mass is 10.5. The molecule has 0 aromatic rings. The van der Waals surface area contributed by atoms with Gasteiger partial charge in [0.05, 0.1) is 0 Å². The normalized spacial score (nSPS) is 10.0. The molecule has 1 N–H and O–H groups in total.